The molecule has 1 atom stereocenters. The summed E-state index contributed by atoms with van der Waals surface area (Å²) in [5.41, 5.74) is 1.27. The molecule has 5 nitrogen and oxygen atoms in total. The van der Waals surface area contributed by atoms with Gasteiger partial charge in [-0.3, -0.25) is 9.48 Å². The fourth-order valence-electron chi connectivity index (χ4n) is 2.20. The number of carbonyl (C=O) groups is 1. The molecule has 0 saturated carbocycles. The zero-order valence-corrected chi connectivity index (χ0v) is 14.2. The van der Waals surface area contributed by atoms with Crippen molar-refractivity contribution in [2.45, 2.75) is 52.5 Å². The van der Waals surface area contributed by atoms with Crippen molar-refractivity contribution in [3.8, 4) is 0 Å². The number of nitrogens with one attached hydrogen (secondary N) is 1. The van der Waals surface area contributed by atoms with E-state index in [0.717, 1.165) is 17.8 Å². The minimum atomic E-state index is -0.635. The van der Waals surface area contributed by atoms with Crippen molar-refractivity contribution in [2.24, 2.45) is 0 Å². The summed E-state index contributed by atoms with van der Waals surface area (Å²) in [5.74, 6) is -0.155. The molecule has 0 fully saturated rings. The van der Waals surface area contributed by atoms with E-state index in [9.17, 15) is 4.79 Å². The van der Waals surface area contributed by atoms with E-state index in [1.807, 2.05) is 75.0 Å². The van der Waals surface area contributed by atoms with Crippen LogP contribution in [0.3, 0.4) is 0 Å². The lowest BCUT2D eigenvalue weighted by molar-refractivity contribution is -0.143. The Hall–Kier alpha value is -2.14. The highest BCUT2D eigenvalue weighted by Gasteiger charge is 2.26. The Kier molecular flexibility index (Phi) is 5.55. The number of aryl methyl sites for hydroxylation is 1. The van der Waals surface area contributed by atoms with E-state index in [0.29, 0.717) is 6.54 Å². The first-order valence-electron chi connectivity index (χ1n) is 7.92. The predicted octanol–water partition coefficient (Wildman–Crippen LogP) is 3.08. The largest absolute Gasteiger partial charge is 0.358 e. The first-order valence-corrected chi connectivity index (χ1v) is 7.92. The van der Waals surface area contributed by atoms with Crippen molar-refractivity contribution in [3.05, 3.63) is 53.9 Å². The summed E-state index contributed by atoms with van der Waals surface area (Å²) in [6.07, 6.45) is 1.27. The molecule has 2 rings (SSSR count). The van der Waals surface area contributed by atoms with E-state index in [-0.39, 0.29) is 5.91 Å². The molecule has 0 saturated heterocycles. The van der Waals surface area contributed by atoms with Crippen LogP contribution >= 0.6 is 0 Å². The number of aromatic nitrogens is 2. The van der Waals surface area contributed by atoms with Gasteiger partial charge in [0.05, 0.1) is 17.8 Å². The average Bonchev–Trinajstić information content (AvgIpc) is 2.98. The minimum Gasteiger partial charge on any atom is -0.358 e. The van der Waals surface area contributed by atoms with Crippen LogP contribution in [0.1, 0.15) is 45.1 Å². The van der Waals surface area contributed by atoms with E-state index in [4.69, 9.17) is 4.74 Å². The lowest BCUT2D eigenvalue weighted by atomic mass is 10.1. The van der Waals surface area contributed by atoms with Gasteiger partial charge in [-0.1, -0.05) is 30.3 Å². The average molecular weight is 315 g/mol. The van der Waals surface area contributed by atoms with Crippen LogP contribution in [-0.4, -0.2) is 21.3 Å². The molecule has 1 unspecified atom stereocenters. The maximum absolute atomic E-state index is 12.6. The van der Waals surface area contributed by atoms with Gasteiger partial charge < -0.3 is 10.1 Å². The molecule has 5 heteroatoms. The van der Waals surface area contributed by atoms with E-state index >= 15 is 0 Å². The number of carbonyl (C=O) groups excluding carboxylic acids is 1. The van der Waals surface area contributed by atoms with Gasteiger partial charge in [-0.15, -0.1) is 0 Å². The highest BCUT2D eigenvalue weighted by Crippen LogP contribution is 2.24. The molecule has 1 amide bonds. The molecular weight excluding hydrogens is 290 g/mol. The third-order valence-corrected chi connectivity index (χ3v) is 3.28. The van der Waals surface area contributed by atoms with Crippen LogP contribution in [0.2, 0.25) is 0 Å². The standard InChI is InChI=1S/C18H25N3O2/c1-5-21-12-11-15(20-21)13-19-17(22)16(23-18(2,3)4)14-9-7-6-8-10-14/h6-12,16H,5,13H2,1-4H3,(H,19,22). The van der Waals surface area contributed by atoms with Gasteiger partial charge >= 0.3 is 0 Å². The van der Waals surface area contributed by atoms with Crippen LogP contribution < -0.4 is 5.32 Å². The molecular formula is C18H25N3O2. The molecule has 2 aromatic rings. The SMILES string of the molecule is CCn1ccc(CNC(=O)C(OC(C)(C)C)c2ccccc2)n1. The van der Waals surface area contributed by atoms with Gasteiger partial charge in [0, 0.05) is 12.7 Å². The maximum atomic E-state index is 12.6. The number of nitrogens with zero attached hydrogens (tertiary/aromatic N) is 2. The van der Waals surface area contributed by atoms with Gasteiger partial charge in [0.15, 0.2) is 6.10 Å². The summed E-state index contributed by atoms with van der Waals surface area (Å²) in [6, 6.07) is 11.5. The molecule has 0 aliphatic rings. The molecule has 1 aromatic carbocycles. The molecule has 124 valence electrons. The summed E-state index contributed by atoms with van der Waals surface area (Å²) >= 11 is 0. The highest BCUT2D eigenvalue weighted by atomic mass is 16.5. The van der Waals surface area contributed by atoms with Gasteiger partial charge in [0.25, 0.3) is 5.91 Å². The summed E-state index contributed by atoms with van der Waals surface area (Å²) < 4.78 is 7.80. The number of hydrogen-bond acceptors (Lipinski definition) is 3. The number of hydrogen-bond donors (Lipinski definition) is 1. The van der Waals surface area contributed by atoms with E-state index in [1.165, 1.54) is 0 Å². The molecule has 23 heavy (non-hydrogen) atoms. The third-order valence-electron chi connectivity index (χ3n) is 3.28. The summed E-state index contributed by atoms with van der Waals surface area (Å²) in [7, 11) is 0. The van der Waals surface area contributed by atoms with E-state index < -0.39 is 11.7 Å². The van der Waals surface area contributed by atoms with Crippen LogP contribution in [0.5, 0.6) is 0 Å². The highest BCUT2D eigenvalue weighted by molar-refractivity contribution is 5.82. The Balaban J connectivity index is 2.07. The molecule has 0 spiro atoms. The molecule has 1 N–H and O–H groups in total. The van der Waals surface area contributed by atoms with Gasteiger partial charge in [-0.2, -0.15) is 5.10 Å². The normalized spacial score (nSPS) is 12.9. The Morgan fingerprint density at radius 2 is 1.96 bits per heavy atom. The fourth-order valence-corrected chi connectivity index (χ4v) is 2.20. The van der Waals surface area contributed by atoms with Crippen molar-refractivity contribution >= 4 is 5.91 Å². The van der Waals surface area contributed by atoms with Crippen molar-refractivity contribution in [2.75, 3.05) is 0 Å². The smallest absolute Gasteiger partial charge is 0.254 e. The lowest BCUT2D eigenvalue weighted by Gasteiger charge is -2.27. The number of ether oxygens (including phenoxy) is 1. The summed E-state index contributed by atoms with van der Waals surface area (Å²) in [6.45, 7) is 9.06. The minimum absolute atomic E-state index is 0.155. The first kappa shape index (κ1) is 17.2. The van der Waals surface area contributed by atoms with Gasteiger partial charge in [-0.25, -0.2) is 0 Å². The van der Waals surface area contributed by atoms with E-state index in [1.54, 1.807) is 0 Å². The van der Waals surface area contributed by atoms with Gasteiger partial charge in [0.1, 0.15) is 0 Å². The van der Waals surface area contributed by atoms with Gasteiger partial charge in [0.2, 0.25) is 0 Å². The number of amides is 1. The maximum Gasteiger partial charge on any atom is 0.254 e. The summed E-state index contributed by atoms with van der Waals surface area (Å²) in [4.78, 5) is 12.6. The van der Waals surface area contributed by atoms with Crippen molar-refractivity contribution in [1.82, 2.24) is 15.1 Å². The van der Waals surface area contributed by atoms with Crippen molar-refractivity contribution < 1.29 is 9.53 Å². The molecule has 0 bridgehead atoms. The zero-order valence-electron chi connectivity index (χ0n) is 14.2. The van der Waals surface area contributed by atoms with Crippen molar-refractivity contribution in [1.29, 1.82) is 0 Å². The first-order chi connectivity index (χ1) is 10.9. The quantitative estimate of drug-likeness (QED) is 0.891. The fraction of sp³-hybridized carbons (Fsp3) is 0.444. The third kappa shape index (κ3) is 5.21. The van der Waals surface area contributed by atoms with Crippen LogP contribution in [0.15, 0.2) is 42.6 Å². The molecule has 0 aliphatic carbocycles. The van der Waals surface area contributed by atoms with Crippen LogP contribution in [-0.2, 0) is 22.6 Å². The monoisotopic (exact) mass is 315 g/mol. The predicted molar refractivity (Wildman–Crippen MR) is 89.8 cm³/mol. The Morgan fingerprint density at radius 3 is 2.52 bits per heavy atom. The summed E-state index contributed by atoms with van der Waals surface area (Å²) in [5, 5.41) is 7.29. The van der Waals surface area contributed by atoms with Crippen molar-refractivity contribution in [3.63, 3.8) is 0 Å². The number of rotatable bonds is 6. The zero-order chi connectivity index (χ0) is 16.9. The molecule has 1 aromatic heterocycles. The van der Waals surface area contributed by atoms with Crippen LogP contribution in [0, 0.1) is 0 Å². The Morgan fingerprint density at radius 1 is 1.26 bits per heavy atom. The van der Waals surface area contributed by atoms with E-state index in [2.05, 4.69) is 10.4 Å². The molecule has 0 aliphatic heterocycles. The van der Waals surface area contributed by atoms with Crippen LogP contribution in [0.25, 0.3) is 0 Å². The second-order valence-corrected chi connectivity index (χ2v) is 6.40. The molecule has 1 heterocycles. The lowest BCUT2D eigenvalue weighted by Crippen LogP contribution is -2.35. The Labute approximate surface area is 137 Å². The number of benzene rings is 1. The van der Waals surface area contributed by atoms with Gasteiger partial charge in [-0.05, 0) is 39.3 Å². The van der Waals surface area contributed by atoms with Crippen LogP contribution in [0.4, 0.5) is 0 Å². The topological polar surface area (TPSA) is 56.2 Å². The second kappa shape index (κ2) is 7.42. The molecule has 0 radical (unpaired) electrons. The second-order valence-electron chi connectivity index (χ2n) is 6.40. The Bertz CT molecular complexity index is 629.